The Bertz CT molecular complexity index is 315. The number of carbonyl (C=O) groups excluding carboxylic acids is 3. The van der Waals surface area contributed by atoms with Crippen LogP contribution in [-0.4, -0.2) is 61.0 Å². The Hall–Kier alpha value is -1.51. The molecule has 0 aromatic heterocycles. The van der Waals surface area contributed by atoms with E-state index >= 15 is 0 Å². The lowest BCUT2D eigenvalue weighted by Crippen LogP contribution is -2.32. The first kappa shape index (κ1) is 15.5. The topological polar surface area (TPSA) is 102 Å². The van der Waals surface area contributed by atoms with Crippen LogP contribution in [-0.2, 0) is 28.7 Å². The summed E-state index contributed by atoms with van der Waals surface area (Å²) in [5, 5.41) is 8.94. The van der Waals surface area contributed by atoms with E-state index in [9.17, 15) is 14.4 Å². The number of amides is 2. The first-order valence-electron chi connectivity index (χ1n) is 5.98. The van der Waals surface area contributed by atoms with Crippen molar-refractivity contribution >= 4 is 17.8 Å². The zero-order valence-electron chi connectivity index (χ0n) is 10.5. The first-order chi connectivity index (χ1) is 9.15. The minimum atomic E-state index is -0.695. The summed E-state index contributed by atoms with van der Waals surface area (Å²) in [7, 11) is 0. The van der Waals surface area contributed by atoms with Gasteiger partial charge in [0.15, 0.2) is 0 Å². The van der Waals surface area contributed by atoms with Crippen LogP contribution < -0.4 is 0 Å². The van der Waals surface area contributed by atoms with Gasteiger partial charge in [0, 0.05) is 12.8 Å². The second-order valence-corrected chi connectivity index (χ2v) is 3.74. The van der Waals surface area contributed by atoms with Crippen LogP contribution in [0.4, 0.5) is 0 Å². The monoisotopic (exact) mass is 275 g/mol. The summed E-state index contributed by atoms with van der Waals surface area (Å²) in [5.74, 6) is -1.70. The standard InChI is InChI=1S/C11H17NO7/c13-4-6-18-8-7-17-5-3-11(16)19-12-9(14)1-2-10(12)15/h13H,1-8H2. The van der Waals surface area contributed by atoms with Crippen LogP contribution in [0.1, 0.15) is 19.3 Å². The predicted octanol–water partition coefficient (Wildman–Crippen LogP) is -0.991. The van der Waals surface area contributed by atoms with E-state index in [0.29, 0.717) is 11.7 Å². The average Bonchev–Trinajstić information content (AvgIpc) is 2.69. The van der Waals surface area contributed by atoms with Crippen LogP contribution in [0.3, 0.4) is 0 Å². The van der Waals surface area contributed by atoms with Crippen molar-refractivity contribution in [2.24, 2.45) is 0 Å². The zero-order chi connectivity index (χ0) is 14.1. The number of rotatable bonds is 9. The van der Waals surface area contributed by atoms with Crippen molar-refractivity contribution in [2.75, 3.05) is 33.0 Å². The number of hydrogen-bond donors (Lipinski definition) is 1. The number of nitrogens with zero attached hydrogens (tertiary/aromatic N) is 1. The quantitative estimate of drug-likeness (QED) is 0.425. The molecule has 1 aliphatic heterocycles. The fraction of sp³-hybridized carbons (Fsp3) is 0.727. The van der Waals surface area contributed by atoms with Gasteiger partial charge in [-0.25, -0.2) is 4.79 Å². The van der Waals surface area contributed by atoms with Crippen molar-refractivity contribution in [3.8, 4) is 0 Å². The normalized spacial score (nSPS) is 15.1. The molecule has 8 nitrogen and oxygen atoms in total. The van der Waals surface area contributed by atoms with Crippen molar-refractivity contribution < 1.29 is 33.8 Å². The van der Waals surface area contributed by atoms with Crippen LogP contribution in [0.15, 0.2) is 0 Å². The highest BCUT2D eigenvalue weighted by molar-refractivity contribution is 6.01. The van der Waals surface area contributed by atoms with E-state index in [2.05, 4.69) is 4.84 Å². The minimum absolute atomic E-state index is 0.0514. The van der Waals surface area contributed by atoms with E-state index in [0.717, 1.165) is 0 Å². The van der Waals surface area contributed by atoms with Crippen LogP contribution in [0.25, 0.3) is 0 Å². The highest BCUT2D eigenvalue weighted by Crippen LogP contribution is 2.12. The maximum Gasteiger partial charge on any atom is 0.335 e. The highest BCUT2D eigenvalue weighted by Gasteiger charge is 2.32. The molecule has 19 heavy (non-hydrogen) atoms. The first-order valence-corrected chi connectivity index (χ1v) is 5.98. The number of aliphatic hydroxyl groups excluding tert-OH is 1. The molecule has 1 N–H and O–H groups in total. The lowest BCUT2D eigenvalue weighted by molar-refractivity contribution is -0.198. The lowest BCUT2D eigenvalue weighted by atomic mass is 10.4. The number of carbonyl (C=O) groups is 3. The summed E-state index contributed by atoms with van der Waals surface area (Å²) in [5.41, 5.74) is 0. The van der Waals surface area contributed by atoms with E-state index < -0.39 is 17.8 Å². The molecule has 1 saturated heterocycles. The fourth-order valence-electron chi connectivity index (χ4n) is 1.35. The highest BCUT2D eigenvalue weighted by atomic mass is 16.7. The molecule has 0 spiro atoms. The van der Waals surface area contributed by atoms with Crippen LogP contribution in [0.5, 0.6) is 0 Å². The Morgan fingerprint density at radius 3 is 2.21 bits per heavy atom. The van der Waals surface area contributed by atoms with Crippen molar-refractivity contribution in [3.05, 3.63) is 0 Å². The molecule has 0 aromatic carbocycles. The Kier molecular flexibility index (Phi) is 7.01. The van der Waals surface area contributed by atoms with Crippen LogP contribution in [0.2, 0.25) is 0 Å². The van der Waals surface area contributed by atoms with Gasteiger partial charge in [-0.1, -0.05) is 0 Å². The number of aliphatic hydroxyl groups is 1. The second-order valence-electron chi connectivity index (χ2n) is 3.74. The van der Waals surface area contributed by atoms with E-state index in [1.807, 2.05) is 0 Å². The number of hydroxylamine groups is 2. The molecular formula is C11H17NO7. The number of hydrogen-bond acceptors (Lipinski definition) is 7. The summed E-state index contributed by atoms with van der Waals surface area (Å²) >= 11 is 0. The molecule has 0 radical (unpaired) electrons. The molecule has 0 aliphatic carbocycles. The molecule has 2 amide bonds. The Balaban J connectivity index is 2.05. The number of ether oxygens (including phenoxy) is 2. The molecular weight excluding hydrogens is 258 g/mol. The Labute approximate surface area is 110 Å². The SMILES string of the molecule is O=C(CCOCCOCCO)ON1C(=O)CCC1=O. The molecule has 0 aromatic rings. The van der Waals surface area contributed by atoms with Crippen LogP contribution >= 0.6 is 0 Å². The third-order valence-electron chi connectivity index (χ3n) is 2.26. The van der Waals surface area contributed by atoms with Gasteiger partial charge in [0.1, 0.15) is 0 Å². The Morgan fingerprint density at radius 2 is 1.63 bits per heavy atom. The summed E-state index contributed by atoms with van der Waals surface area (Å²) < 4.78 is 10.0. The van der Waals surface area contributed by atoms with E-state index in [1.165, 1.54) is 0 Å². The molecule has 0 unspecified atom stereocenters. The zero-order valence-corrected chi connectivity index (χ0v) is 10.5. The van der Waals surface area contributed by atoms with Gasteiger partial charge in [-0.05, 0) is 0 Å². The van der Waals surface area contributed by atoms with Gasteiger partial charge < -0.3 is 19.4 Å². The second kappa shape index (κ2) is 8.57. The van der Waals surface area contributed by atoms with Gasteiger partial charge in [-0.3, -0.25) is 9.59 Å². The fourth-order valence-corrected chi connectivity index (χ4v) is 1.35. The van der Waals surface area contributed by atoms with Crippen molar-refractivity contribution in [3.63, 3.8) is 0 Å². The third kappa shape index (κ3) is 5.77. The summed E-state index contributed by atoms with van der Waals surface area (Å²) in [6, 6.07) is 0. The molecule has 0 saturated carbocycles. The molecule has 1 aliphatic rings. The van der Waals surface area contributed by atoms with E-state index in [1.54, 1.807) is 0 Å². The number of imide groups is 1. The Morgan fingerprint density at radius 1 is 1.05 bits per heavy atom. The van der Waals surface area contributed by atoms with Gasteiger partial charge in [0.05, 0.1) is 39.5 Å². The predicted molar refractivity (Wildman–Crippen MR) is 60.5 cm³/mol. The summed E-state index contributed by atoms with van der Waals surface area (Å²) in [6.45, 7) is 0.903. The minimum Gasteiger partial charge on any atom is -0.394 e. The molecule has 8 heteroatoms. The third-order valence-corrected chi connectivity index (χ3v) is 2.26. The molecule has 1 fully saturated rings. The largest absolute Gasteiger partial charge is 0.394 e. The summed E-state index contributed by atoms with van der Waals surface area (Å²) in [6.07, 6.45) is 0.0900. The van der Waals surface area contributed by atoms with E-state index in [4.69, 9.17) is 14.6 Å². The van der Waals surface area contributed by atoms with Gasteiger partial charge >= 0.3 is 5.97 Å². The van der Waals surface area contributed by atoms with Crippen molar-refractivity contribution in [1.29, 1.82) is 0 Å². The van der Waals surface area contributed by atoms with Crippen molar-refractivity contribution in [1.82, 2.24) is 5.06 Å². The van der Waals surface area contributed by atoms with E-state index in [-0.39, 0.29) is 45.7 Å². The van der Waals surface area contributed by atoms with Crippen LogP contribution in [0, 0.1) is 0 Å². The van der Waals surface area contributed by atoms with Gasteiger partial charge in [-0.2, -0.15) is 0 Å². The van der Waals surface area contributed by atoms with Gasteiger partial charge in [0.2, 0.25) is 0 Å². The maximum absolute atomic E-state index is 11.3. The molecule has 108 valence electrons. The molecule has 0 bridgehead atoms. The smallest absolute Gasteiger partial charge is 0.335 e. The van der Waals surface area contributed by atoms with Gasteiger partial charge in [-0.15, -0.1) is 5.06 Å². The molecule has 1 rings (SSSR count). The van der Waals surface area contributed by atoms with Crippen molar-refractivity contribution in [2.45, 2.75) is 19.3 Å². The molecule has 1 heterocycles. The average molecular weight is 275 g/mol. The van der Waals surface area contributed by atoms with Gasteiger partial charge in [0.25, 0.3) is 11.8 Å². The maximum atomic E-state index is 11.3. The lowest BCUT2D eigenvalue weighted by Gasteiger charge is -2.12. The molecule has 0 atom stereocenters. The summed E-state index contributed by atoms with van der Waals surface area (Å²) in [4.78, 5) is 38.3.